The lowest BCUT2D eigenvalue weighted by molar-refractivity contribution is -0.150. The molecule has 1 fully saturated rings. The zero-order chi connectivity index (χ0) is 14.0. The standard InChI is InChI=1S/C13H13FO5/c1-13(14)10(15)9(19-12(13)17)7-18-11(16)8-5-3-2-4-6-8/h2-6,9-10,15H,7H2,1H3/t9-,10-,13+/m1/s1. The van der Waals surface area contributed by atoms with Gasteiger partial charge in [0.25, 0.3) is 0 Å². The van der Waals surface area contributed by atoms with Gasteiger partial charge in [-0.1, -0.05) is 18.2 Å². The van der Waals surface area contributed by atoms with Crippen LogP contribution >= 0.6 is 0 Å². The first-order chi connectivity index (χ1) is 8.93. The molecule has 0 spiro atoms. The van der Waals surface area contributed by atoms with E-state index < -0.39 is 29.8 Å². The molecule has 1 heterocycles. The van der Waals surface area contributed by atoms with Crippen molar-refractivity contribution in [2.45, 2.75) is 24.8 Å². The van der Waals surface area contributed by atoms with Crippen molar-refractivity contribution in [2.24, 2.45) is 0 Å². The predicted octanol–water partition coefficient (Wildman–Crippen LogP) is 0.858. The average molecular weight is 268 g/mol. The van der Waals surface area contributed by atoms with Crippen molar-refractivity contribution in [1.29, 1.82) is 0 Å². The van der Waals surface area contributed by atoms with E-state index in [0.717, 1.165) is 6.92 Å². The van der Waals surface area contributed by atoms with Crippen molar-refractivity contribution in [2.75, 3.05) is 6.61 Å². The number of hydrogen-bond donors (Lipinski definition) is 1. The van der Waals surface area contributed by atoms with Crippen LogP contribution in [0.25, 0.3) is 0 Å². The molecule has 0 aromatic heterocycles. The molecule has 1 aliphatic rings. The van der Waals surface area contributed by atoms with E-state index in [4.69, 9.17) is 4.74 Å². The summed E-state index contributed by atoms with van der Waals surface area (Å²) >= 11 is 0. The summed E-state index contributed by atoms with van der Waals surface area (Å²) in [4.78, 5) is 22.7. The van der Waals surface area contributed by atoms with E-state index in [1.54, 1.807) is 30.3 Å². The van der Waals surface area contributed by atoms with Crippen molar-refractivity contribution in [3.8, 4) is 0 Å². The van der Waals surface area contributed by atoms with Crippen molar-refractivity contribution >= 4 is 11.9 Å². The highest BCUT2D eigenvalue weighted by atomic mass is 19.1. The van der Waals surface area contributed by atoms with Gasteiger partial charge >= 0.3 is 11.9 Å². The third-order valence-corrected chi connectivity index (χ3v) is 2.95. The summed E-state index contributed by atoms with van der Waals surface area (Å²) < 4.78 is 23.1. The van der Waals surface area contributed by atoms with Crippen molar-refractivity contribution < 1.29 is 28.6 Å². The minimum atomic E-state index is -2.47. The molecule has 102 valence electrons. The molecule has 0 amide bonds. The Labute approximate surface area is 108 Å². The first-order valence-electron chi connectivity index (χ1n) is 5.73. The van der Waals surface area contributed by atoms with Crippen LogP contribution in [0.3, 0.4) is 0 Å². The van der Waals surface area contributed by atoms with Crippen LogP contribution < -0.4 is 0 Å². The van der Waals surface area contributed by atoms with Gasteiger partial charge in [0.15, 0.2) is 6.10 Å². The summed E-state index contributed by atoms with van der Waals surface area (Å²) in [6.07, 6.45) is -2.83. The summed E-state index contributed by atoms with van der Waals surface area (Å²) in [5.41, 5.74) is -2.14. The van der Waals surface area contributed by atoms with Crippen molar-refractivity contribution in [1.82, 2.24) is 0 Å². The number of aliphatic hydroxyl groups excluding tert-OH is 1. The number of cyclic esters (lactones) is 1. The highest BCUT2D eigenvalue weighted by molar-refractivity contribution is 5.89. The molecule has 5 nitrogen and oxygen atoms in total. The summed E-state index contributed by atoms with van der Waals surface area (Å²) in [6.45, 7) is 0.541. The van der Waals surface area contributed by atoms with Crippen LogP contribution in [0.4, 0.5) is 4.39 Å². The van der Waals surface area contributed by atoms with E-state index in [1.165, 1.54) is 0 Å². The lowest BCUT2D eigenvalue weighted by Crippen LogP contribution is -2.40. The third kappa shape index (κ3) is 2.58. The maximum Gasteiger partial charge on any atom is 0.347 e. The van der Waals surface area contributed by atoms with Gasteiger partial charge in [0.05, 0.1) is 5.56 Å². The molecule has 1 N–H and O–H groups in total. The Bertz CT molecular complexity index is 485. The summed E-state index contributed by atoms with van der Waals surface area (Å²) in [5, 5.41) is 9.56. The zero-order valence-corrected chi connectivity index (χ0v) is 10.2. The van der Waals surface area contributed by atoms with Crippen LogP contribution in [0, 0.1) is 0 Å². The largest absolute Gasteiger partial charge is 0.458 e. The molecule has 1 saturated heterocycles. The van der Waals surface area contributed by atoms with Gasteiger partial charge in [-0.3, -0.25) is 0 Å². The molecular weight excluding hydrogens is 255 g/mol. The quantitative estimate of drug-likeness (QED) is 0.823. The Morgan fingerprint density at radius 3 is 2.63 bits per heavy atom. The number of esters is 2. The molecule has 1 aliphatic heterocycles. The minimum Gasteiger partial charge on any atom is -0.458 e. The molecule has 0 bridgehead atoms. The molecule has 1 aromatic rings. The zero-order valence-electron chi connectivity index (χ0n) is 10.2. The molecular formula is C13H13FO5. The van der Waals surface area contributed by atoms with Crippen LogP contribution in [0.15, 0.2) is 30.3 Å². The number of carbonyl (C=O) groups excluding carboxylic acids is 2. The average Bonchev–Trinajstić information content (AvgIpc) is 2.60. The summed E-state index contributed by atoms with van der Waals surface area (Å²) in [6, 6.07) is 8.19. The van der Waals surface area contributed by atoms with Gasteiger partial charge in [0.2, 0.25) is 5.67 Å². The number of aliphatic hydroxyl groups is 1. The van der Waals surface area contributed by atoms with E-state index in [-0.39, 0.29) is 6.61 Å². The second-order valence-electron chi connectivity index (χ2n) is 4.43. The monoisotopic (exact) mass is 268 g/mol. The molecule has 2 rings (SSSR count). The number of rotatable bonds is 3. The van der Waals surface area contributed by atoms with Gasteiger partial charge < -0.3 is 14.6 Å². The Balaban J connectivity index is 1.94. The topological polar surface area (TPSA) is 72.8 Å². The fourth-order valence-electron chi connectivity index (χ4n) is 1.73. The second kappa shape index (κ2) is 4.97. The molecule has 6 heteroatoms. The maximum atomic E-state index is 13.6. The molecule has 19 heavy (non-hydrogen) atoms. The lowest BCUT2D eigenvalue weighted by atomic mass is 10.0. The van der Waals surface area contributed by atoms with Crippen LogP contribution in [-0.4, -0.2) is 41.5 Å². The van der Waals surface area contributed by atoms with Gasteiger partial charge in [-0.05, 0) is 19.1 Å². The number of carbonyl (C=O) groups is 2. The summed E-state index contributed by atoms with van der Waals surface area (Å²) in [5.74, 6) is -1.78. The predicted molar refractivity (Wildman–Crippen MR) is 62.1 cm³/mol. The summed E-state index contributed by atoms with van der Waals surface area (Å²) in [7, 11) is 0. The fraction of sp³-hybridized carbons (Fsp3) is 0.385. The Hall–Kier alpha value is -1.95. The van der Waals surface area contributed by atoms with Crippen molar-refractivity contribution in [3.63, 3.8) is 0 Å². The molecule has 3 atom stereocenters. The second-order valence-corrected chi connectivity index (χ2v) is 4.43. The number of halogens is 1. The van der Waals surface area contributed by atoms with E-state index in [2.05, 4.69) is 4.74 Å². The van der Waals surface area contributed by atoms with Crippen LogP contribution in [0.1, 0.15) is 17.3 Å². The van der Waals surface area contributed by atoms with E-state index in [0.29, 0.717) is 5.56 Å². The Kier molecular flexibility index (Phi) is 3.53. The van der Waals surface area contributed by atoms with E-state index in [1.807, 2.05) is 0 Å². The SMILES string of the molecule is C[C@@]1(F)C(=O)O[C@H](COC(=O)c2ccccc2)[C@H]1O. The Morgan fingerprint density at radius 1 is 1.47 bits per heavy atom. The smallest absolute Gasteiger partial charge is 0.347 e. The first-order valence-corrected chi connectivity index (χ1v) is 5.73. The van der Waals surface area contributed by atoms with Gasteiger partial charge in [-0.2, -0.15) is 0 Å². The molecule has 0 saturated carbocycles. The lowest BCUT2D eigenvalue weighted by Gasteiger charge is -2.16. The minimum absolute atomic E-state index is 0.323. The number of hydrogen-bond acceptors (Lipinski definition) is 5. The highest BCUT2D eigenvalue weighted by Gasteiger charge is 2.55. The Morgan fingerprint density at radius 2 is 2.11 bits per heavy atom. The van der Waals surface area contributed by atoms with E-state index >= 15 is 0 Å². The molecule has 0 radical (unpaired) electrons. The fourth-order valence-corrected chi connectivity index (χ4v) is 1.73. The van der Waals surface area contributed by atoms with Gasteiger partial charge in [0, 0.05) is 0 Å². The molecule has 1 aromatic carbocycles. The maximum absolute atomic E-state index is 13.6. The number of alkyl halides is 1. The molecule has 0 aliphatic carbocycles. The first kappa shape index (κ1) is 13.5. The van der Waals surface area contributed by atoms with Gasteiger partial charge in [-0.15, -0.1) is 0 Å². The van der Waals surface area contributed by atoms with Gasteiger partial charge in [0.1, 0.15) is 12.7 Å². The van der Waals surface area contributed by atoms with Crippen molar-refractivity contribution in [3.05, 3.63) is 35.9 Å². The molecule has 0 unspecified atom stereocenters. The van der Waals surface area contributed by atoms with E-state index in [9.17, 15) is 19.1 Å². The van der Waals surface area contributed by atoms with Crippen LogP contribution in [-0.2, 0) is 14.3 Å². The normalized spacial score (nSPS) is 29.9. The van der Waals surface area contributed by atoms with Crippen LogP contribution in [0.2, 0.25) is 0 Å². The third-order valence-electron chi connectivity index (χ3n) is 2.95. The van der Waals surface area contributed by atoms with Gasteiger partial charge in [-0.25, -0.2) is 14.0 Å². The van der Waals surface area contributed by atoms with Crippen LogP contribution in [0.5, 0.6) is 0 Å². The number of ether oxygens (including phenoxy) is 2. The number of benzene rings is 1. The highest BCUT2D eigenvalue weighted by Crippen LogP contribution is 2.29.